The number of ether oxygens (including phenoxy) is 2. The number of rotatable bonds is 9. The second-order valence-corrected chi connectivity index (χ2v) is 3.34. The van der Waals surface area contributed by atoms with Gasteiger partial charge < -0.3 is 19.2 Å². The highest BCUT2D eigenvalue weighted by Gasteiger charge is 2.07. The summed E-state index contributed by atoms with van der Waals surface area (Å²) in [6.45, 7) is 5.61. The Morgan fingerprint density at radius 2 is 2.31 bits per heavy atom. The summed E-state index contributed by atoms with van der Waals surface area (Å²) in [5.41, 5.74) is 0.954. The van der Waals surface area contributed by atoms with Crippen molar-refractivity contribution in [3.05, 3.63) is 17.8 Å². The highest BCUT2D eigenvalue weighted by Crippen LogP contribution is 2.07. The van der Waals surface area contributed by atoms with E-state index in [1.54, 1.807) is 7.11 Å². The van der Waals surface area contributed by atoms with E-state index in [4.69, 9.17) is 13.9 Å². The third-order valence-electron chi connectivity index (χ3n) is 2.18. The third kappa shape index (κ3) is 4.74. The molecule has 0 atom stereocenters. The zero-order valence-electron chi connectivity index (χ0n) is 9.99. The molecule has 0 saturated heterocycles. The van der Waals surface area contributed by atoms with Crippen LogP contribution < -0.4 is 5.32 Å². The van der Waals surface area contributed by atoms with Crippen LogP contribution in [-0.4, -0.2) is 38.5 Å². The van der Waals surface area contributed by atoms with Gasteiger partial charge in [0, 0.05) is 33.2 Å². The minimum Gasteiger partial charge on any atom is -0.448 e. The summed E-state index contributed by atoms with van der Waals surface area (Å²) in [4.78, 5) is 4.17. The molecule has 0 saturated carbocycles. The van der Waals surface area contributed by atoms with Gasteiger partial charge in [0.2, 0.25) is 0 Å². The fourth-order valence-corrected chi connectivity index (χ4v) is 1.33. The number of nitrogens with zero attached hydrogens (tertiary/aromatic N) is 1. The van der Waals surface area contributed by atoms with Crippen molar-refractivity contribution >= 4 is 0 Å². The van der Waals surface area contributed by atoms with E-state index >= 15 is 0 Å². The summed E-state index contributed by atoms with van der Waals surface area (Å²) in [5, 5.41) is 3.23. The molecule has 1 rings (SSSR count). The van der Waals surface area contributed by atoms with Crippen LogP contribution in [0.5, 0.6) is 0 Å². The van der Waals surface area contributed by atoms with Crippen molar-refractivity contribution in [3.63, 3.8) is 0 Å². The van der Waals surface area contributed by atoms with Gasteiger partial charge in [-0.05, 0) is 6.92 Å². The Morgan fingerprint density at radius 3 is 3.06 bits per heavy atom. The lowest BCUT2D eigenvalue weighted by Crippen LogP contribution is -2.19. The molecule has 16 heavy (non-hydrogen) atoms. The first-order valence-corrected chi connectivity index (χ1v) is 5.57. The number of hydrogen-bond donors (Lipinski definition) is 1. The predicted octanol–water partition coefficient (Wildman–Crippen LogP) is 0.990. The molecule has 0 radical (unpaired) electrons. The van der Waals surface area contributed by atoms with Crippen LogP contribution >= 0.6 is 0 Å². The molecule has 5 nitrogen and oxygen atoms in total. The maximum absolute atomic E-state index is 5.31. The van der Waals surface area contributed by atoms with Gasteiger partial charge in [0.05, 0.1) is 18.9 Å². The summed E-state index contributed by atoms with van der Waals surface area (Å²) in [7, 11) is 1.69. The molecule has 5 heteroatoms. The lowest BCUT2D eigenvalue weighted by atomic mass is 10.2. The number of oxazole rings is 1. The molecule has 1 heterocycles. The molecular weight excluding hydrogens is 208 g/mol. The molecule has 92 valence electrons. The average molecular weight is 228 g/mol. The van der Waals surface area contributed by atoms with Gasteiger partial charge >= 0.3 is 0 Å². The van der Waals surface area contributed by atoms with Crippen molar-refractivity contribution in [2.75, 3.05) is 33.5 Å². The normalized spacial score (nSPS) is 10.9. The Balaban J connectivity index is 2.26. The van der Waals surface area contributed by atoms with Gasteiger partial charge in [0.1, 0.15) is 5.76 Å². The number of hydrogen-bond acceptors (Lipinski definition) is 5. The Kier molecular flexibility index (Phi) is 6.80. The van der Waals surface area contributed by atoms with Crippen molar-refractivity contribution in [1.29, 1.82) is 0 Å². The molecule has 0 aliphatic carbocycles. The molecule has 0 fully saturated rings. The SMILES string of the molecule is CCOCCc1ocnc1CNCCOC. The lowest BCUT2D eigenvalue weighted by Gasteiger charge is -2.03. The first kappa shape index (κ1) is 13.2. The predicted molar refractivity (Wildman–Crippen MR) is 60.3 cm³/mol. The van der Waals surface area contributed by atoms with Gasteiger partial charge in [-0.2, -0.15) is 0 Å². The zero-order chi connectivity index (χ0) is 11.6. The van der Waals surface area contributed by atoms with E-state index in [1.807, 2.05) is 6.92 Å². The first-order chi connectivity index (χ1) is 7.88. The van der Waals surface area contributed by atoms with Crippen LogP contribution in [0.2, 0.25) is 0 Å². The standard InChI is InChI=1S/C11H20N2O3/c1-3-15-6-4-11-10(13-9-16-11)8-12-5-7-14-2/h9,12H,3-8H2,1-2H3. The number of aromatic nitrogens is 1. The summed E-state index contributed by atoms with van der Waals surface area (Å²) in [5.74, 6) is 0.901. The minimum atomic E-state index is 0.677. The summed E-state index contributed by atoms with van der Waals surface area (Å²) < 4.78 is 15.5. The minimum absolute atomic E-state index is 0.677. The summed E-state index contributed by atoms with van der Waals surface area (Å²) in [6.07, 6.45) is 2.25. The van der Waals surface area contributed by atoms with Crippen molar-refractivity contribution in [2.24, 2.45) is 0 Å². The van der Waals surface area contributed by atoms with Crippen molar-refractivity contribution in [2.45, 2.75) is 19.9 Å². The van der Waals surface area contributed by atoms with Crippen LogP contribution in [-0.2, 0) is 22.4 Å². The van der Waals surface area contributed by atoms with Crippen molar-refractivity contribution < 1.29 is 13.9 Å². The van der Waals surface area contributed by atoms with Crippen molar-refractivity contribution in [1.82, 2.24) is 10.3 Å². The Hall–Kier alpha value is -0.910. The molecule has 0 bridgehead atoms. The van der Waals surface area contributed by atoms with E-state index in [0.717, 1.165) is 31.0 Å². The number of methoxy groups -OCH3 is 1. The maximum Gasteiger partial charge on any atom is 0.181 e. The molecule has 1 aromatic rings. The summed E-state index contributed by atoms with van der Waals surface area (Å²) in [6, 6.07) is 0. The van der Waals surface area contributed by atoms with E-state index in [0.29, 0.717) is 19.8 Å². The van der Waals surface area contributed by atoms with Crippen LogP contribution in [0, 0.1) is 0 Å². The van der Waals surface area contributed by atoms with Gasteiger partial charge in [-0.25, -0.2) is 4.98 Å². The fourth-order valence-electron chi connectivity index (χ4n) is 1.33. The zero-order valence-corrected chi connectivity index (χ0v) is 9.99. The van der Waals surface area contributed by atoms with Crippen LogP contribution in [0.3, 0.4) is 0 Å². The Bertz CT molecular complexity index is 276. The molecule has 1 N–H and O–H groups in total. The molecule has 0 aliphatic rings. The van der Waals surface area contributed by atoms with Gasteiger partial charge in [0.25, 0.3) is 0 Å². The molecule has 0 spiro atoms. The average Bonchev–Trinajstić information content (AvgIpc) is 2.73. The quantitative estimate of drug-likeness (QED) is 0.639. The smallest absolute Gasteiger partial charge is 0.181 e. The molecule has 1 aromatic heterocycles. The van der Waals surface area contributed by atoms with E-state index < -0.39 is 0 Å². The number of nitrogens with one attached hydrogen (secondary N) is 1. The van der Waals surface area contributed by atoms with Crippen LogP contribution in [0.25, 0.3) is 0 Å². The van der Waals surface area contributed by atoms with Gasteiger partial charge in [-0.1, -0.05) is 0 Å². The van der Waals surface area contributed by atoms with E-state index in [1.165, 1.54) is 6.39 Å². The second kappa shape index (κ2) is 8.27. The van der Waals surface area contributed by atoms with Gasteiger partial charge in [0.15, 0.2) is 6.39 Å². The molecule has 0 amide bonds. The van der Waals surface area contributed by atoms with Crippen LogP contribution in [0.4, 0.5) is 0 Å². The topological polar surface area (TPSA) is 56.5 Å². The molecule has 0 unspecified atom stereocenters. The first-order valence-electron chi connectivity index (χ1n) is 5.57. The highest BCUT2D eigenvalue weighted by atomic mass is 16.5. The second-order valence-electron chi connectivity index (χ2n) is 3.34. The molecule has 0 aromatic carbocycles. The Labute approximate surface area is 96.1 Å². The monoisotopic (exact) mass is 228 g/mol. The third-order valence-corrected chi connectivity index (χ3v) is 2.18. The summed E-state index contributed by atoms with van der Waals surface area (Å²) >= 11 is 0. The van der Waals surface area contributed by atoms with Gasteiger partial charge in [-0.3, -0.25) is 0 Å². The van der Waals surface area contributed by atoms with Crippen LogP contribution in [0.1, 0.15) is 18.4 Å². The van der Waals surface area contributed by atoms with Crippen LogP contribution in [0.15, 0.2) is 10.8 Å². The van der Waals surface area contributed by atoms with Crippen molar-refractivity contribution in [3.8, 4) is 0 Å². The van der Waals surface area contributed by atoms with E-state index in [-0.39, 0.29) is 0 Å². The Morgan fingerprint density at radius 1 is 1.44 bits per heavy atom. The lowest BCUT2D eigenvalue weighted by molar-refractivity contribution is 0.146. The molecular formula is C11H20N2O3. The van der Waals surface area contributed by atoms with E-state index in [9.17, 15) is 0 Å². The largest absolute Gasteiger partial charge is 0.448 e. The highest BCUT2D eigenvalue weighted by molar-refractivity contribution is 5.07. The van der Waals surface area contributed by atoms with Gasteiger partial charge in [-0.15, -0.1) is 0 Å². The van der Waals surface area contributed by atoms with E-state index in [2.05, 4.69) is 10.3 Å². The molecule has 0 aliphatic heterocycles. The fraction of sp³-hybridized carbons (Fsp3) is 0.727. The maximum atomic E-state index is 5.31.